The van der Waals surface area contributed by atoms with E-state index in [0.717, 1.165) is 44.9 Å². The van der Waals surface area contributed by atoms with Gasteiger partial charge in [-0.25, -0.2) is 0 Å². The zero-order chi connectivity index (χ0) is 34.5. The van der Waals surface area contributed by atoms with Crippen molar-refractivity contribution in [2.45, 2.75) is 218 Å². The lowest BCUT2D eigenvalue weighted by Gasteiger charge is -2.20. The summed E-state index contributed by atoms with van der Waals surface area (Å²) in [6.45, 7) is 4.19. The normalized spacial score (nSPS) is 14.1. The second-order valence-electron chi connectivity index (χ2n) is 13.9. The van der Waals surface area contributed by atoms with Crippen molar-refractivity contribution >= 4 is 5.91 Å². The molecule has 0 fully saturated rings. The molecule has 0 radical (unpaired) electrons. The van der Waals surface area contributed by atoms with E-state index in [-0.39, 0.29) is 18.9 Å². The Balaban J connectivity index is 3.77. The average molecular weight is 662 g/mol. The first-order chi connectivity index (χ1) is 23.0. The molecular formula is C42H79NO4. The van der Waals surface area contributed by atoms with Gasteiger partial charge < -0.3 is 20.6 Å². The molecule has 0 saturated carbocycles. The molecule has 47 heavy (non-hydrogen) atoms. The van der Waals surface area contributed by atoms with Crippen molar-refractivity contribution < 1.29 is 20.1 Å². The summed E-state index contributed by atoms with van der Waals surface area (Å²) in [6.07, 6.45) is 45.6. The Morgan fingerprint density at radius 3 is 1.36 bits per heavy atom. The monoisotopic (exact) mass is 662 g/mol. The predicted molar refractivity (Wildman–Crippen MR) is 204 cm³/mol. The highest BCUT2D eigenvalue weighted by Crippen LogP contribution is 2.13. The lowest BCUT2D eigenvalue weighted by atomic mass is 10.0. The van der Waals surface area contributed by atoms with Gasteiger partial charge in [-0.15, -0.1) is 0 Å². The number of aliphatic hydroxyl groups excluding tert-OH is 3. The number of rotatable bonds is 36. The van der Waals surface area contributed by atoms with Crippen LogP contribution >= 0.6 is 0 Å². The number of aliphatic hydroxyl groups is 3. The Hall–Kier alpha value is -1.43. The summed E-state index contributed by atoms with van der Waals surface area (Å²) in [5.74, 6) is -0.335. The molecule has 0 spiro atoms. The van der Waals surface area contributed by atoms with Gasteiger partial charge in [0.25, 0.3) is 0 Å². The summed E-state index contributed by atoms with van der Waals surface area (Å²) >= 11 is 0. The maximum atomic E-state index is 12.4. The molecule has 276 valence electrons. The lowest BCUT2D eigenvalue weighted by molar-refractivity contribution is -0.124. The van der Waals surface area contributed by atoms with Crippen LogP contribution in [0, 0.1) is 0 Å². The minimum atomic E-state index is -0.954. The number of amides is 1. The number of nitrogens with one attached hydrogen (secondary N) is 1. The van der Waals surface area contributed by atoms with Gasteiger partial charge in [0, 0.05) is 0 Å². The molecule has 0 aliphatic heterocycles. The summed E-state index contributed by atoms with van der Waals surface area (Å²) < 4.78 is 0. The molecule has 0 aromatic heterocycles. The minimum absolute atomic E-state index is 0.00454. The van der Waals surface area contributed by atoms with Crippen LogP contribution in [-0.4, -0.2) is 46.1 Å². The molecular weight excluding hydrogens is 582 g/mol. The van der Waals surface area contributed by atoms with Gasteiger partial charge in [-0.05, 0) is 57.8 Å². The maximum Gasteiger partial charge on any atom is 0.222 e. The van der Waals surface area contributed by atoms with Gasteiger partial charge in [0.2, 0.25) is 5.91 Å². The molecule has 0 aliphatic carbocycles. The topological polar surface area (TPSA) is 89.8 Å². The number of hydrogen-bond donors (Lipinski definition) is 4. The average Bonchev–Trinajstić information content (AvgIpc) is 3.06. The molecule has 0 aromatic carbocycles. The highest BCUT2D eigenvalue weighted by molar-refractivity contribution is 5.76. The maximum absolute atomic E-state index is 12.4. The van der Waals surface area contributed by atoms with Crippen molar-refractivity contribution in [1.29, 1.82) is 0 Å². The van der Waals surface area contributed by atoms with E-state index >= 15 is 0 Å². The summed E-state index contributed by atoms with van der Waals surface area (Å²) in [5.41, 5.74) is 0. The molecule has 5 nitrogen and oxygen atoms in total. The smallest absolute Gasteiger partial charge is 0.222 e. The fraction of sp³-hybridized carbons (Fsp3) is 0.833. The van der Waals surface area contributed by atoms with Crippen LogP contribution in [0.15, 0.2) is 36.5 Å². The lowest BCUT2D eigenvalue weighted by Crippen LogP contribution is -2.45. The van der Waals surface area contributed by atoms with Crippen LogP contribution in [0.25, 0.3) is 0 Å². The molecule has 0 aliphatic rings. The van der Waals surface area contributed by atoms with Crippen LogP contribution in [0.5, 0.6) is 0 Å². The standard InChI is InChI=1S/C42H79NO4/c1-3-5-7-9-11-13-15-17-19-21-23-25-27-29-31-33-35-39(45)37-42(47)43-40(38-44)41(46)36-34-32-30-28-26-24-22-20-18-16-14-12-10-8-6-4-2/h23,25-26,28,34,36,39-41,44-46H,3-22,24,27,29-33,35,37-38H2,1-2H3,(H,43,47)/b25-23-,28-26+,36-34+. The van der Waals surface area contributed by atoms with Crippen molar-refractivity contribution in [3.05, 3.63) is 36.5 Å². The molecule has 0 bridgehead atoms. The molecule has 5 heteroatoms. The summed E-state index contributed by atoms with van der Waals surface area (Å²) in [6, 6.07) is -0.764. The Morgan fingerprint density at radius 1 is 0.532 bits per heavy atom. The summed E-state index contributed by atoms with van der Waals surface area (Å²) in [4.78, 5) is 12.4. The van der Waals surface area contributed by atoms with E-state index in [1.165, 1.54) is 128 Å². The molecule has 3 atom stereocenters. The van der Waals surface area contributed by atoms with Gasteiger partial charge in [0.05, 0.1) is 31.3 Å². The van der Waals surface area contributed by atoms with E-state index in [0.29, 0.717) is 6.42 Å². The minimum Gasteiger partial charge on any atom is -0.394 e. The molecule has 3 unspecified atom stereocenters. The SMILES string of the molecule is CCCCCCCCCCC/C=C\CCCCCC(O)CC(=O)NC(CO)C(O)/C=C/CC/C=C/CCCCCCCCCCCC. The highest BCUT2D eigenvalue weighted by Gasteiger charge is 2.20. The second-order valence-corrected chi connectivity index (χ2v) is 13.9. The summed E-state index contributed by atoms with van der Waals surface area (Å²) in [5, 5.41) is 33.1. The highest BCUT2D eigenvalue weighted by atomic mass is 16.3. The van der Waals surface area contributed by atoms with Crippen molar-refractivity contribution in [3.8, 4) is 0 Å². The van der Waals surface area contributed by atoms with Crippen LogP contribution in [0.1, 0.15) is 200 Å². The third-order valence-electron chi connectivity index (χ3n) is 9.15. The molecule has 4 N–H and O–H groups in total. The van der Waals surface area contributed by atoms with Crippen molar-refractivity contribution in [3.63, 3.8) is 0 Å². The van der Waals surface area contributed by atoms with Crippen LogP contribution in [-0.2, 0) is 4.79 Å². The Morgan fingerprint density at radius 2 is 0.915 bits per heavy atom. The third kappa shape index (κ3) is 34.2. The first kappa shape index (κ1) is 45.6. The van der Waals surface area contributed by atoms with Gasteiger partial charge in [0.1, 0.15) is 0 Å². The zero-order valence-electron chi connectivity index (χ0n) is 31.2. The Kier molecular flexibility index (Phi) is 36.3. The van der Waals surface area contributed by atoms with E-state index < -0.39 is 18.2 Å². The van der Waals surface area contributed by atoms with E-state index in [1.54, 1.807) is 6.08 Å². The van der Waals surface area contributed by atoms with E-state index in [1.807, 2.05) is 6.08 Å². The van der Waals surface area contributed by atoms with Crippen molar-refractivity contribution in [2.75, 3.05) is 6.61 Å². The quantitative estimate of drug-likeness (QED) is 0.0397. The molecule has 1 amide bonds. The zero-order valence-corrected chi connectivity index (χ0v) is 31.2. The largest absolute Gasteiger partial charge is 0.394 e. The van der Waals surface area contributed by atoms with Crippen molar-refractivity contribution in [1.82, 2.24) is 5.32 Å². The molecule has 0 heterocycles. The fourth-order valence-electron chi connectivity index (χ4n) is 6.00. The summed E-state index contributed by atoms with van der Waals surface area (Å²) in [7, 11) is 0. The third-order valence-corrected chi connectivity index (χ3v) is 9.15. The van der Waals surface area contributed by atoms with E-state index in [4.69, 9.17) is 0 Å². The van der Waals surface area contributed by atoms with Crippen LogP contribution in [0.2, 0.25) is 0 Å². The fourth-order valence-corrected chi connectivity index (χ4v) is 6.00. The first-order valence-electron chi connectivity index (χ1n) is 20.3. The molecule has 0 rings (SSSR count). The molecule has 0 saturated heterocycles. The van der Waals surface area contributed by atoms with E-state index in [2.05, 4.69) is 43.5 Å². The first-order valence-corrected chi connectivity index (χ1v) is 20.3. The number of allylic oxidation sites excluding steroid dienone is 5. The number of carbonyl (C=O) groups is 1. The number of hydrogen-bond acceptors (Lipinski definition) is 4. The number of carbonyl (C=O) groups excluding carboxylic acids is 1. The van der Waals surface area contributed by atoms with Gasteiger partial charge in [-0.1, -0.05) is 172 Å². The number of unbranched alkanes of at least 4 members (excludes halogenated alkanes) is 23. The Bertz CT molecular complexity index is 734. The van der Waals surface area contributed by atoms with Gasteiger partial charge in [-0.3, -0.25) is 4.79 Å². The van der Waals surface area contributed by atoms with Crippen LogP contribution < -0.4 is 5.32 Å². The Labute approximate surface area is 292 Å². The van der Waals surface area contributed by atoms with Gasteiger partial charge in [0.15, 0.2) is 0 Å². The van der Waals surface area contributed by atoms with Crippen LogP contribution in [0.4, 0.5) is 0 Å². The second kappa shape index (κ2) is 37.4. The van der Waals surface area contributed by atoms with Crippen LogP contribution in [0.3, 0.4) is 0 Å². The van der Waals surface area contributed by atoms with E-state index in [9.17, 15) is 20.1 Å². The van der Waals surface area contributed by atoms with Crippen molar-refractivity contribution in [2.24, 2.45) is 0 Å². The van der Waals surface area contributed by atoms with Gasteiger partial charge >= 0.3 is 0 Å². The molecule has 0 aromatic rings. The van der Waals surface area contributed by atoms with Gasteiger partial charge in [-0.2, -0.15) is 0 Å². The predicted octanol–water partition coefficient (Wildman–Crippen LogP) is 11.2.